The molecule has 3 nitrogen and oxygen atoms in total. The Kier molecular flexibility index (Phi) is 12.2. The minimum absolute atomic E-state index is 0.0473. The second-order valence-corrected chi connectivity index (χ2v) is 10.7. The first-order valence-corrected chi connectivity index (χ1v) is 14.0. The van der Waals surface area contributed by atoms with E-state index in [1.807, 2.05) is 0 Å². The molecule has 0 spiro atoms. The topological polar surface area (TPSA) is 51.2 Å². The lowest BCUT2D eigenvalue weighted by Crippen LogP contribution is -2.30. The fraction of sp³-hybridized carbons (Fsp3) is 0.710. The maximum Gasteiger partial charge on any atom is 0.163 e. The lowest BCUT2D eigenvalue weighted by molar-refractivity contribution is -0.129. The lowest BCUT2D eigenvalue weighted by Gasteiger charge is -2.32. The summed E-state index contributed by atoms with van der Waals surface area (Å²) >= 11 is 0. The normalized spacial score (nSPS) is 17.3. The fourth-order valence-corrected chi connectivity index (χ4v) is 6.13. The van der Waals surface area contributed by atoms with Gasteiger partial charge in [0.1, 0.15) is 11.6 Å². The first-order chi connectivity index (χ1) is 16.3. The van der Waals surface area contributed by atoms with Crippen LogP contribution in [0.25, 0.3) is 0 Å². The molecule has 3 unspecified atom stereocenters. The molecule has 0 radical (unpaired) electrons. The zero-order valence-electron chi connectivity index (χ0n) is 22.5. The van der Waals surface area contributed by atoms with Crippen LogP contribution < -0.4 is 0 Å². The summed E-state index contributed by atoms with van der Waals surface area (Å²) in [6, 6.07) is 4.45. The lowest BCUT2D eigenvalue weighted by atomic mass is 9.72. The standard InChI is InChI=1S/C31H48O3/c1-6-9-10-11-12-13-15-25-16-17-27-20-24(21-30(34)31(27)23(25)5)19-26(14-7-2)28(8-3)29(33)18-22(4)32/h16-17,24,26,28H,6-15,18-21H2,1-5H3. The first kappa shape index (κ1) is 28.5. The van der Waals surface area contributed by atoms with E-state index in [1.54, 1.807) is 0 Å². The average Bonchev–Trinajstić information content (AvgIpc) is 2.77. The number of aryl methyl sites for hydroxylation is 1. The maximum absolute atomic E-state index is 13.3. The molecule has 2 rings (SSSR count). The second-order valence-electron chi connectivity index (χ2n) is 10.7. The summed E-state index contributed by atoms with van der Waals surface area (Å²) in [7, 11) is 0. The number of benzene rings is 1. The van der Waals surface area contributed by atoms with Crippen LogP contribution in [-0.2, 0) is 22.4 Å². The van der Waals surface area contributed by atoms with Gasteiger partial charge in [0.15, 0.2) is 5.78 Å². The Labute approximate surface area is 208 Å². The molecule has 0 bridgehead atoms. The highest BCUT2D eigenvalue weighted by atomic mass is 16.1. The third kappa shape index (κ3) is 8.17. The third-order valence-corrected chi connectivity index (χ3v) is 7.87. The van der Waals surface area contributed by atoms with E-state index in [0.717, 1.165) is 44.1 Å². The van der Waals surface area contributed by atoms with E-state index in [4.69, 9.17) is 0 Å². The van der Waals surface area contributed by atoms with Gasteiger partial charge in [-0.3, -0.25) is 14.4 Å². The van der Waals surface area contributed by atoms with E-state index in [9.17, 15) is 14.4 Å². The van der Waals surface area contributed by atoms with Crippen molar-refractivity contribution < 1.29 is 14.4 Å². The Morgan fingerprint density at radius 2 is 1.68 bits per heavy atom. The predicted molar refractivity (Wildman–Crippen MR) is 142 cm³/mol. The van der Waals surface area contributed by atoms with Crippen LogP contribution in [0.4, 0.5) is 0 Å². The molecule has 1 aliphatic carbocycles. The van der Waals surface area contributed by atoms with Crippen LogP contribution in [0.1, 0.15) is 132 Å². The van der Waals surface area contributed by atoms with Crippen molar-refractivity contribution in [3.8, 4) is 0 Å². The number of unbranched alkanes of at least 4 members (excludes halogenated alkanes) is 5. The van der Waals surface area contributed by atoms with Crippen LogP contribution in [-0.4, -0.2) is 17.3 Å². The highest BCUT2D eigenvalue weighted by Gasteiger charge is 2.33. The van der Waals surface area contributed by atoms with Crippen molar-refractivity contribution in [3.63, 3.8) is 0 Å². The Morgan fingerprint density at radius 1 is 0.971 bits per heavy atom. The molecular formula is C31H48O3. The van der Waals surface area contributed by atoms with Gasteiger partial charge in [0, 0.05) is 17.9 Å². The van der Waals surface area contributed by atoms with Crippen molar-refractivity contribution in [2.45, 2.75) is 125 Å². The van der Waals surface area contributed by atoms with Crippen LogP contribution in [0.3, 0.4) is 0 Å². The average molecular weight is 469 g/mol. The van der Waals surface area contributed by atoms with Crippen molar-refractivity contribution in [3.05, 3.63) is 34.4 Å². The minimum atomic E-state index is -0.0678. The summed E-state index contributed by atoms with van der Waals surface area (Å²) in [4.78, 5) is 37.6. The van der Waals surface area contributed by atoms with E-state index >= 15 is 0 Å². The number of carbonyl (C=O) groups excluding carboxylic acids is 3. The Hall–Kier alpha value is -1.77. The molecule has 1 aromatic rings. The molecule has 34 heavy (non-hydrogen) atoms. The zero-order chi connectivity index (χ0) is 25.1. The minimum Gasteiger partial charge on any atom is -0.300 e. The molecule has 1 aliphatic rings. The van der Waals surface area contributed by atoms with Crippen LogP contribution in [0.2, 0.25) is 0 Å². The summed E-state index contributed by atoms with van der Waals surface area (Å²) in [5.41, 5.74) is 4.71. The largest absolute Gasteiger partial charge is 0.300 e. The van der Waals surface area contributed by atoms with E-state index in [1.165, 1.54) is 62.1 Å². The van der Waals surface area contributed by atoms with Gasteiger partial charge >= 0.3 is 0 Å². The first-order valence-electron chi connectivity index (χ1n) is 14.0. The molecular weight excluding hydrogens is 420 g/mol. The summed E-state index contributed by atoms with van der Waals surface area (Å²) in [5.74, 6) is 0.807. The van der Waals surface area contributed by atoms with Crippen LogP contribution >= 0.6 is 0 Å². The molecule has 3 heteroatoms. The van der Waals surface area contributed by atoms with Crippen LogP contribution in [0.15, 0.2) is 12.1 Å². The SMILES string of the molecule is CCCCCCCCc1ccc2c(c1C)C(=O)CC(CC(CCC)C(CC)C(=O)CC(C)=O)C2. The summed E-state index contributed by atoms with van der Waals surface area (Å²) < 4.78 is 0. The molecule has 1 aromatic carbocycles. The summed E-state index contributed by atoms with van der Waals surface area (Å²) in [6.07, 6.45) is 14.0. The third-order valence-electron chi connectivity index (χ3n) is 7.87. The van der Waals surface area contributed by atoms with Gasteiger partial charge in [-0.1, -0.05) is 77.8 Å². The fourth-order valence-electron chi connectivity index (χ4n) is 6.13. The van der Waals surface area contributed by atoms with E-state index in [-0.39, 0.29) is 35.6 Å². The number of rotatable bonds is 16. The van der Waals surface area contributed by atoms with Gasteiger partial charge in [-0.05, 0) is 74.5 Å². The number of ketones is 3. The van der Waals surface area contributed by atoms with Crippen molar-refractivity contribution in [2.24, 2.45) is 17.8 Å². The molecule has 0 heterocycles. The number of hydrogen-bond acceptors (Lipinski definition) is 3. The highest BCUT2D eigenvalue weighted by molar-refractivity contribution is 6.00. The van der Waals surface area contributed by atoms with E-state index in [2.05, 4.69) is 39.8 Å². The predicted octanol–water partition coefficient (Wildman–Crippen LogP) is 8.02. The monoisotopic (exact) mass is 468 g/mol. The van der Waals surface area contributed by atoms with Crippen molar-refractivity contribution in [1.29, 1.82) is 0 Å². The number of fused-ring (bicyclic) bond motifs is 1. The summed E-state index contributed by atoms with van der Waals surface area (Å²) in [5, 5.41) is 0. The molecule has 0 aliphatic heterocycles. The number of Topliss-reactive ketones (excluding diaryl/α,β-unsaturated/α-hetero) is 3. The van der Waals surface area contributed by atoms with Crippen molar-refractivity contribution >= 4 is 17.3 Å². The van der Waals surface area contributed by atoms with Gasteiger partial charge in [0.25, 0.3) is 0 Å². The van der Waals surface area contributed by atoms with Crippen molar-refractivity contribution in [1.82, 2.24) is 0 Å². The van der Waals surface area contributed by atoms with Crippen molar-refractivity contribution in [2.75, 3.05) is 0 Å². The van der Waals surface area contributed by atoms with E-state index < -0.39 is 0 Å². The van der Waals surface area contributed by atoms with Crippen LogP contribution in [0.5, 0.6) is 0 Å². The molecule has 0 N–H and O–H groups in total. The van der Waals surface area contributed by atoms with Gasteiger partial charge in [0.05, 0.1) is 6.42 Å². The molecule has 0 saturated carbocycles. The molecule has 0 saturated heterocycles. The van der Waals surface area contributed by atoms with Gasteiger partial charge in [-0.25, -0.2) is 0 Å². The maximum atomic E-state index is 13.3. The quantitative estimate of drug-likeness (QED) is 0.182. The molecule has 190 valence electrons. The highest BCUT2D eigenvalue weighted by Crippen LogP contribution is 2.37. The zero-order valence-corrected chi connectivity index (χ0v) is 22.5. The molecule has 3 atom stereocenters. The second kappa shape index (κ2) is 14.6. The Morgan fingerprint density at radius 3 is 2.32 bits per heavy atom. The Balaban J connectivity index is 2.07. The molecule has 0 aromatic heterocycles. The number of carbonyl (C=O) groups is 3. The van der Waals surface area contributed by atoms with Gasteiger partial charge in [-0.15, -0.1) is 0 Å². The van der Waals surface area contributed by atoms with Gasteiger partial charge < -0.3 is 0 Å². The van der Waals surface area contributed by atoms with Crippen LogP contribution in [0, 0.1) is 24.7 Å². The smallest absolute Gasteiger partial charge is 0.163 e. The Bertz CT molecular complexity index is 822. The summed E-state index contributed by atoms with van der Waals surface area (Å²) in [6.45, 7) is 10.1. The molecule has 0 fully saturated rings. The molecule has 0 amide bonds. The van der Waals surface area contributed by atoms with Gasteiger partial charge in [-0.2, -0.15) is 0 Å². The van der Waals surface area contributed by atoms with E-state index in [0.29, 0.717) is 12.3 Å². The number of hydrogen-bond donors (Lipinski definition) is 0. The van der Waals surface area contributed by atoms with Gasteiger partial charge in [0.2, 0.25) is 0 Å².